The number of fused-ring (bicyclic) bond motifs is 1. The quantitative estimate of drug-likeness (QED) is 0.347. The van der Waals surface area contributed by atoms with Crippen LogP contribution in [0.1, 0.15) is 58.4 Å². The first-order chi connectivity index (χ1) is 18.2. The maximum Gasteiger partial charge on any atom is 0.225 e. The number of carbonyl (C=O) groups excluding carboxylic acids is 1. The van der Waals surface area contributed by atoms with Gasteiger partial charge in [-0.25, -0.2) is 14.4 Å². The molecule has 1 amide bonds. The van der Waals surface area contributed by atoms with Crippen LogP contribution in [0.4, 0.5) is 22.0 Å². The number of rotatable bonds is 7. The lowest BCUT2D eigenvalue weighted by atomic mass is 9.85. The summed E-state index contributed by atoms with van der Waals surface area (Å²) >= 11 is 12.3. The predicted molar refractivity (Wildman–Crippen MR) is 149 cm³/mol. The Morgan fingerprint density at radius 3 is 2.61 bits per heavy atom. The summed E-state index contributed by atoms with van der Waals surface area (Å²) in [6, 6.07) is 3.39. The number of piperidine rings is 1. The van der Waals surface area contributed by atoms with Crippen LogP contribution in [0.25, 0.3) is 11.2 Å². The summed E-state index contributed by atoms with van der Waals surface area (Å²) in [6.45, 7) is 6.44. The van der Waals surface area contributed by atoms with Crippen molar-refractivity contribution in [3.8, 4) is 0 Å². The molecule has 0 spiro atoms. The average molecular weight is 564 g/mol. The van der Waals surface area contributed by atoms with E-state index in [-0.39, 0.29) is 39.6 Å². The van der Waals surface area contributed by atoms with Crippen LogP contribution in [0.2, 0.25) is 10.0 Å². The SMILES string of the molecule is CC(C)N1CCC[C@@H](Nc2ncc3nc(Nc4c(F)cc(Cl)cc4Cl)n([C@H]4CC[C@@H](C(N)=O)CC4)c3n2)C1. The van der Waals surface area contributed by atoms with E-state index in [2.05, 4.69) is 34.4 Å². The van der Waals surface area contributed by atoms with Crippen molar-refractivity contribution in [2.24, 2.45) is 11.7 Å². The second-order valence-electron chi connectivity index (χ2n) is 10.6. The summed E-state index contributed by atoms with van der Waals surface area (Å²) < 4.78 is 16.8. The van der Waals surface area contributed by atoms with Gasteiger partial charge in [-0.1, -0.05) is 23.2 Å². The molecule has 5 rings (SSSR count). The molecule has 12 heteroatoms. The van der Waals surface area contributed by atoms with E-state index < -0.39 is 5.82 Å². The topological polar surface area (TPSA) is 114 Å². The third-order valence-corrected chi connectivity index (χ3v) is 8.17. The molecule has 2 fully saturated rings. The van der Waals surface area contributed by atoms with E-state index in [9.17, 15) is 9.18 Å². The number of halogens is 3. The lowest BCUT2D eigenvalue weighted by Gasteiger charge is -2.35. The molecule has 1 aliphatic heterocycles. The predicted octanol–water partition coefficient (Wildman–Crippen LogP) is 5.52. The number of aromatic nitrogens is 4. The highest BCUT2D eigenvalue weighted by molar-refractivity contribution is 6.36. The molecule has 0 bridgehead atoms. The van der Waals surface area contributed by atoms with Crippen LogP contribution in [-0.4, -0.2) is 55.5 Å². The number of benzene rings is 1. The summed E-state index contributed by atoms with van der Waals surface area (Å²) in [5, 5.41) is 6.94. The Hall–Kier alpha value is -2.69. The molecule has 1 atom stereocenters. The zero-order chi connectivity index (χ0) is 27.0. The van der Waals surface area contributed by atoms with Gasteiger partial charge in [-0.05, 0) is 71.0 Å². The Kier molecular flexibility index (Phi) is 7.93. The van der Waals surface area contributed by atoms with Gasteiger partial charge in [0.25, 0.3) is 0 Å². The highest BCUT2D eigenvalue weighted by Crippen LogP contribution is 2.38. The minimum Gasteiger partial charge on any atom is -0.369 e. The minimum absolute atomic E-state index is 0.0129. The third kappa shape index (κ3) is 5.67. The number of nitrogens with two attached hydrogens (primary N) is 1. The van der Waals surface area contributed by atoms with Crippen molar-refractivity contribution >= 4 is 57.9 Å². The number of hydrogen-bond acceptors (Lipinski definition) is 7. The Labute approximate surface area is 231 Å². The van der Waals surface area contributed by atoms with Crippen LogP contribution in [0.5, 0.6) is 0 Å². The van der Waals surface area contributed by atoms with Crippen LogP contribution >= 0.6 is 23.2 Å². The number of anilines is 3. The fraction of sp³-hybridized carbons (Fsp3) is 0.538. The lowest BCUT2D eigenvalue weighted by Crippen LogP contribution is -2.45. The zero-order valence-electron chi connectivity index (χ0n) is 21.6. The van der Waals surface area contributed by atoms with Gasteiger partial charge < -0.3 is 16.4 Å². The summed E-state index contributed by atoms with van der Waals surface area (Å²) in [4.78, 5) is 28.3. The minimum atomic E-state index is -0.584. The van der Waals surface area contributed by atoms with Gasteiger partial charge in [0, 0.05) is 35.6 Å². The highest BCUT2D eigenvalue weighted by atomic mass is 35.5. The van der Waals surface area contributed by atoms with Crippen LogP contribution < -0.4 is 16.4 Å². The monoisotopic (exact) mass is 562 g/mol. The van der Waals surface area contributed by atoms with E-state index in [4.69, 9.17) is 38.9 Å². The second kappa shape index (κ2) is 11.2. The van der Waals surface area contributed by atoms with Crippen molar-refractivity contribution in [3.05, 3.63) is 34.2 Å². The van der Waals surface area contributed by atoms with Crippen molar-refractivity contribution in [3.63, 3.8) is 0 Å². The van der Waals surface area contributed by atoms with E-state index in [0.29, 0.717) is 54.8 Å². The summed E-state index contributed by atoms with van der Waals surface area (Å²) in [5.74, 6) is -0.0752. The van der Waals surface area contributed by atoms with Gasteiger partial charge in [0.15, 0.2) is 5.65 Å². The molecule has 0 unspecified atom stereocenters. The molecule has 1 aliphatic carbocycles. The molecule has 1 saturated heterocycles. The smallest absolute Gasteiger partial charge is 0.225 e. The summed E-state index contributed by atoms with van der Waals surface area (Å²) in [7, 11) is 0. The molecule has 3 aromatic rings. The zero-order valence-corrected chi connectivity index (χ0v) is 23.1. The number of nitrogens with zero attached hydrogens (tertiary/aromatic N) is 5. The van der Waals surface area contributed by atoms with Crippen molar-refractivity contribution in [1.82, 2.24) is 24.4 Å². The van der Waals surface area contributed by atoms with E-state index in [1.165, 1.54) is 12.1 Å². The van der Waals surface area contributed by atoms with E-state index >= 15 is 0 Å². The molecule has 2 aliphatic rings. The lowest BCUT2D eigenvalue weighted by molar-refractivity contribution is -0.122. The van der Waals surface area contributed by atoms with Crippen LogP contribution in [0, 0.1) is 11.7 Å². The summed E-state index contributed by atoms with van der Waals surface area (Å²) in [5.41, 5.74) is 6.86. The second-order valence-corrected chi connectivity index (χ2v) is 11.4. The van der Waals surface area contributed by atoms with Gasteiger partial charge in [0.1, 0.15) is 11.3 Å². The molecule has 0 radical (unpaired) electrons. The molecule has 1 saturated carbocycles. The van der Waals surface area contributed by atoms with Crippen LogP contribution in [0.3, 0.4) is 0 Å². The number of likely N-dealkylation sites (tertiary alicyclic amines) is 1. The van der Waals surface area contributed by atoms with Gasteiger partial charge in [-0.2, -0.15) is 4.98 Å². The Morgan fingerprint density at radius 1 is 1.16 bits per heavy atom. The van der Waals surface area contributed by atoms with Crippen molar-refractivity contribution < 1.29 is 9.18 Å². The molecule has 1 aromatic carbocycles. The number of primary amides is 1. The highest BCUT2D eigenvalue weighted by Gasteiger charge is 2.30. The Bertz CT molecular complexity index is 1300. The molecule has 38 heavy (non-hydrogen) atoms. The van der Waals surface area contributed by atoms with Gasteiger partial charge in [0.05, 0.1) is 16.9 Å². The fourth-order valence-electron chi connectivity index (χ4n) is 5.56. The van der Waals surface area contributed by atoms with Gasteiger partial charge in [-0.15, -0.1) is 0 Å². The molecule has 2 aromatic heterocycles. The third-order valence-electron chi connectivity index (χ3n) is 7.66. The number of imidazole rings is 1. The fourth-order valence-corrected chi connectivity index (χ4v) is 6.08. The van der Waals surface area contributed by atoms with E-state index in [0.717, 1.165) is 25.9 Å². The first-order valence-electron chi connectivity index (χ1n) is 13.2. The average Bonchev–Trinajstić information content (AvgIpc) is 3.23. The molecule has 4 N–H and O–H groups in total. The molecular formula is C26H33Cl2FN8O. The van der Waals surface area contributed by atoms with Gasteiger partial charge in [-0.3, -0.25) is 14.3 Å². The van der Waals surface area contributed by atoms with Crippen molar-refractivity contribution in [2.75, 3.05) is 23.7 Å². The van der Waals surface area contributed by atoms with Crippen molar-refractivity contribution in [2.45, 2.75) is 70.5 Å². The normalized spacial score (nSPS) is 22.6. The molecule has 3 heterocycles. The number of carbonyl (C=O) groups is 1. The first-order valence-corrected chi connectivity index (χ1v) is 13.9. The molecular weight excluding hydrogens is 530 g/mol. The van der Waals surface area contributed by atoms with Crippen LogP contribution in [-0.2, 0) is 4.79 Å². The number of amides is 1. The van der Waals surface area contributed by atoms with Gasteiger partial charge in [0.2, 0.25) is 17.8 Å². The molecule has 204 valence electrons. The number of hydrogen-bond donors (Lipinski definition) is 3. The maximum absolute atomic E-state index is 14.8. The number of nitrogens with one attached hydrogen (secondary N) is 2. The first kappa shape index (κ1) is 26.9. The van der Waals surface area contributed by atoms with E-state index in [1.54, 1.807) is 6.20 Å². The largest absolute Gasteiger partial charge is 0.369 e. The van der Waals surface area contributed by atoms with Crippen LogP contribution in [0.15, 0.2) is 18.3 Å². The summed E-state index contributed by atoms with van der Waals surface area (Å²) in [6.07, 6.45) is 6.59. The Morgan fingerprint density at radius 2 is 1.92 bits per heavy atom. The van der Waals surface area contributed by atoms with Gasteiger partial charge >= 0.3 is 0 Å². The molecule has 9 nitrogen and oxygen atoms in total. The van der Waals surface area contributed by atoms with Crippen molar-refractivity contribution in [1.29, 1.82) is 0 Å². The standard InChI is InChI=1S/C26H33Cl2FN8O/c1-14(2)36-9-3-4-17(13-36)32-25-31-12-21-24(35-25)37(18-7-5-15(6-8-18)23(30)38)26(33-21)34-22-19(28)10-16(27)11-20(22)29/h10-12,14-15,17-18H,3-9,13H2,1-2H3,(H2,30,38)(H,33,34)(H,31,32,35)/t15-,17-,18+/m1/s1. The Balaban J connectivity index is 1.49. The maximum atomic E-state index is 14.8. The van der Waals surface area contributed by atoms with E-state index in [1.807, 2.05) is 4.57 Å².